The van der Waals surface area contributed by atoms with Crippen LogP contribution in [0.25, 0.3) is 10.2 Å². The number of fused-ring (bicyclic) bond motifs is 1. The number of para-hydroxylation sites is 2. The Hall–Kier alpha value is -2.78. The number of rotatable bonds is 9. The van der Waals surface area contributed by atoms with E-state index in [4.69, 9.17) is 4.74 Å². The second kappa shape index (κ2) is 10.8. The van der Waals surface area contributed by atoms with Gasteiger partial charge in [0, 0.05) is 10.9 Å². The van der Waals surface area contributed by atoms with Gasteiger partial charge in [0.2, 0.25) is 5.91 Å². The Morgan fingerprint density at radius 3 is 2.60 bits per heavy atom. The lowest BCUT2D eigenvalue weighted by Gasteiger charge is -2.08. The molecule has 0 aliphatic rings. The van der Waals surface area contributed by atoms with E-state index in [2.05, 4.69) is 31.5 Å². The van der Waals surface area contributed by atoms with Crippen molar-refractivity contribution in [2.45, 2.75) is 19.3 Å². The van der Waals surface area contributed by atoms with Crippen LogP contribution >= 0.6 is 27.3 Å². The fourth-order valence-corrected chi connectivity index (χ4v) is 4.01. The first-order valence-corrected chi connectivity index (χ1v) is 10.9. The summed E-state index contributed by atoms with van der Waals surface area (Å²) in [6.07, 6.45) is 1.47. The van der Waals surface area contributed by atoms with E-state index in [-0.39, 0.29) is 18.9 Å². The van der Waals surface area contributed by atoms with Crippen molar-refractivity contribution in [1.82, 2.24) is 10.3 Å². The van der Waals surface area contributed by atoms with Gasteiger partial charge in [0.25, 0.3) is 5.91 Å². The molecular weight excluding hydrogens is 470 g/mol. The van der Waals surface area contributed by atoms with E-state index >= 15 is 0 Å². The summed E-state index contributed by atoms with van der Waals surface area (Å²) >= 11 is 4.94. The van der Waals surface area contributed by atoms with Crippen LogP contribution in [-0.2, 0) is 25.5 Å². The Kier molecular flexibility index (Phi) is 7.92. The fraction of sp³-hybridized carbons (Fsp3) is 0.238. The van der Waals surface area contributed by atoms with Crippen LogP contribution in [0.1, 0.15) is 17.8 Å². The van der Waals surface area contributed by atoms with Crippen molar-refractivity contribution in [3.8, 4) is 0 Å². The van der Waals surface area contributed by atoms with E-state index in [0.717, 1.165) is 19.7 Å². The molecule has 0 aliphatic carbocycles. The molecule has 2 aromatic carbocycles. The van der Waals surface area contributed by atoms with Crippen molar-refractivity contribution in [3.05, 3.63) is 58.0 Å². The third kappa shape index (κ3) is 6.64. The molecule has 0 spiro atoms. The Balaban J connectivity index is 1.30. The zero-order valence-corrected chi connectivity index (χ0v) is 18.4. The van der Waals surface area contributed by atoms with Crippen LogP contribution < -0.4 is 10.6 Å². The normalized spacial score (nSPS) is 10.6. The number of ether oxygens (including phenoxy) is 1. The van der Waals surface area contributed by atoms with E-state index < -0.39 is 18.5 Å². The minimum atomic E-state index is -0.531. The van der Waals surface area contributed by atoms with Crippen LogP contribution in [0, 0.1) is 0 Å². The van der Waals surface area contributed by atoms with Crippen LogP contribution in [0.3, 0.4) is 0 Å². The molecule has 0 bridgehead atoms. The zero-order valence-electron chi connectivity index (χ0n) is 16.0. The molecule has 0 atom stereocenters. The second-order valence-electron chi connectivity index (χ2n) is 6.39. The summed E-state index contributed by atoms with van der Waals surface area (Å²) in [5.41, 5.74) is 1.57. The van der Waals surface area contributed by atoms with Crippen molar-refractivity contribution < 1.29 is 19.1 Å². The number of nitrogens with one attached hydrogen (secondary N) is 2. The van der Waals surface area contributed by atoms with Gasteiger partial charge in [-0.3, -0.25) is 14.4 Å². The predicted octanol–water partition coefficient (Wildman–Crippen LogP) is 3.68. The third-order valence-corrected chi connectivity index (χ3v) is 5.86. The van der Waals surface area contributed by atoms with E-state index in [9.17, 15) is 14.4 Å². The van der Waals surface area contributed by atoms with Crippen molar-refractivity contribution in [2.24, 2.45) is 0 Å². The number of hydrogen-bond donors (Lipinski definition) is 2. The van der Waals surface area contributed by atoms with Crippen molar-refractivity contribution in [3.63, 3.8) is 0 Å². The summed E-state index contributed by atoms with van der Waals surface area (Å²) < 4.78 is 6.82. The highest BCUT2D eigenvalue weighted by molar-refractivity contribution is 9.10. The van der Waals surface area contributed by atoms with E-state index in [0.29, 0.717) is 18.5 Å². The fourth-order valence-electron chi connectivity index (χ4n) is 2.62. The monoisotopic (exact) mass is 489 g/mol. The molecular formula is C21H20BrN3O4S. The van der Waals surface area contributed by atoms with Gasteiger partial charge >= 0.3 is 5.97 Å². The van der Waals surface area contributed by atoms with Gasteiger partial charge in [-0.05, 0) is 53.0 Å². The van der Waals surface area contributed by atoms with Crippen LogP contribution in [0.4, 0.5) is 5.69 Å². The van der Waals surface area contributed by atoms with Crippen molar-refractivity contribution >= 4 is 61.0 Å². The molecule has 3 aromatic rings. The number of anilines is 1. The number of amides is 2. The maximum Gasteiger partial charge on any atom is 0.306 e. The van der Waals surface area contributed by atoms with E-state index in [1.165, 1.54) is 0 Å². The molecule has 0 saturated heterocycles. The smallest absolute Gasteiger partial charge is 0.306 e. The number of thiazole rings is 1. The standard InChI is InChI=1S/C21H20BrN3O4S/c22-14-6-1-2-7-15(14)24-18(26)12-23-19(27)13-29-21(28)11-5-10-20-25-16-8-3-4-9-17(16)30-20/h1-4,6-9H,5,10-13H2,(H,23,27)(H,24,26). The van der Waals surface area contributed by atoms with Gasteiger partial charge in [0.1, 0.15) is 0 Å². The minimum absolute atomic E-state index is 0.200. The summed E-state index contributed by atoms with van der Waals surface area (Å²) in [5, 5.41) is 6.06. The number of aryl methyl sites for hydroxylation is 1. The summed E-state index contributed by atoms with van der Waals surface area (Å²) in [6.45, 7) is -0.627. The molecule has 0 unspecified atom stereocenters. The average Bonchev–Trinajstić information content (AvgIpc) is 3.15. The zero-order chi connectivity index (χ0) is 21.3. The van der Waals surface area contributed by atoms with Gasteiger partial charge in [0.15, 0.2) is 6.61 Å². The number of halogens is 1. The molecule has 0 radical (unpaired) electrons. The Bertz CT molecular complexity index is 1020. The van der Waals surface area contributed by atoms with Crippen molar-refractivity contribution in [1.29, 1.82) is 0 Å². The van der Waals surface area contributed by atoms with E-state index in [1.54, 1.807) is 29.5 Å². The first-order chi connectivity index (χ1) is 14.5. The quantitative estimate of drug-likeness (QED) is 0.446. The molecule has 2 N–H and O–H groups in total. The highest BCUT2D eigenvalue weighted by Crippen LogP contribution is 2.23. The maximum absolute atomic E-state index is 11.9. The number of hydrogen-bond acceptors (Lipinski definition) is 6. The Labute approximate surface area is 186 Å². The van der Waals surface area contributed by atoms with Crippen LogP contribution in [0.5, 0.6) is 0 Å². The number of nitrogens with zero attached hydrogens (tertiary/aromatic N) is 1. The van der Waals surface area contributed by atoms with Gasteiger partial charge in [0.05, 0.1) is 27.5 Å². The lowest BCUT2D eigenvalue weighted by Crippen LogP contribution is -2.35. The summed E-state index contributed by atoms with van der Waals surface area (Å²) in [6, 6.07) is 15.0. The molecule has 7 nitrogen and oxygen atoms in total. The highest BCUT2D eigenvalue weighted by atomic mass is 79.9. The predicted molar refractivity (Wildman–Crippen MR) is 119 cm³/mol. The van der Waals surface area contributed by atoms with Gasteiger partial charge in [-0.2, -0.15) is 0 Å². The largest absolute Gasteiger partial charge is 0.456 e. The molecule has 1 heterocycles. The first kappa shape index (κ1) is 21.9. The third-order valence-electron chi connectivity index (χ3n) is 4.07. The first-order valence-electron chi connectivity index (χ1n) is 9.32. The van der Waals surface area contributed by atoms with Crippen LogP contribution in [-0.4, -0.2) is 35.9 Å². The minimum Gasteiger partial charge on any atom is -0.456 e. The topological polar surface area (TPSA) is 97.4 Å². The number of carbonyl (C=O) groups is 3. The van der Waals surface area contributed by atoms with Gasteiger partial charge in [-0.15, -0.1) is 11.3 Å². The second-order valence-corrected chi connectivity index (χ2v) is 8.36. The molecule has 156 valence electrons. The molecule has 0 aliphatic heterocycles. The molecule has 9 heteroatoms. The van der Waals surface area contributed by atoms with E-state index in [1.807, 2.05) is 30.3 Å². The number of carbonyl (C=O) groups excluding carboxylic acids is 3. The molecule has 30 heavy (non-hydrogen) atoms. The van der Waals surface area contributed by atoms with Crippen LogP contribution in [0.2, 0.25) is 0 Å². The molecule has 2 amide bonds. The number of esters is 1. The highest BCUT2D eigenvalue weighted by Gasteiger charge is 2.11. The number of aromatic nitrogens is 1. The summed E-state index contributed by atoms with van der Waals surface area (Å²) in [5.74, 6) is -1.36. The Morgan fingerprint density at radius 1 is 1.03 bits per heavy atom. The molecule has 3 rings (SSSR count). The van der Waals surface area contributed by atoms with Gasteiger partial charge < -0.3 is 15.4 Å². The molecule has 0 saturated carbocycles. The molecule has 0 fully saturated rings. The lowest BCUT2D eigenvalue weighted by atomic mass is 10.2. The summed E-state index contributed by atoms with van der Waals surface area (Å²) in [7, 11) is 0. The lowest BCUT2D eigenvalue weighted by molar-refractivity contribution is -0.148. The SMILES string of the molecule is O=C(COC(=O)CCCc1nc2ccccc2s1)NCC(=O)Nc1ccccc1Br. The Morgan fingerprint density at radius 2 is 1.80 bits per heavy atom. The maximum atomic E-state index is 11.9. The average molecular weight is 490 g/mol. The number of benzene rings is 2. The summed E-state index contributed by atoms with van der Waals surface area (Å²) in [4.78, 5) is 40.0. The van der Waals surface area contributed by atoms with Gasteiger partial charge in [-0.1, -0.05) is 24.3 Å². The molecule has 1 aromatic heterocycles. The van der Waals surface area contributed by atoms with Crippen LogP contribution in [0.15, 0.2) is 53.0 Å². The van der Waals surface area contributed by atoms with Crippen molar-refractivity contribution in [2.75, 3.05) is 18.5 Å². The van der Waals surface area contributed by atoms with Gasteiger partial charge in [-0.25, -0.2) is 4.98 Å².